The molecule has 3 rings (SSSR count). The SMILES string of the molecule is C[C@H]1CC(=O)[C@]23CCCN(C(=O)OC(C)(C)C)CCC[C@H]2C(=O)C[C@@H]3C1. The molecule has 5 heteroatoms. The molecule has 0 bridgehead atoms. The third-order valence-corrected chi connectivity index (χ3v) is 6.52. The minimum absolute atomic E-state index is 0.133. The van der Waals surface area contributed by atoms with Crippen LogP contribution < -0.4 is 0 Å². The van der Waals surface area contributed by atoms with E-state index in [4.69, 9.17) is 4.74 Å². The van der Waals surface area contributed by atoms with Crippen molar-refractivity contribution in [2.75, 3.05) is 13.1 Å². The van der Waals surface area contributed by atoms with E-state index in [-0.39, 0.29) is 23.7 Å². The molecule has 1 heterocycles. The first kappa shape index (κ1) is 19.4. The quantitative estimate of drug-likeness (QED) is 0.653. The number of hydrogen-bond donors (Lipinski definition) is 0. The number of carbonyl (C=O) groups is 3. The molecular formula is C21H33NO4. The Morgan fingerprint density at radius 3 is 2.54 bits per heavy atom. The van der Waals surface area contributed by atoms with Crippen LogP contribution in [0.5, 0.6) is 0 Å². The van der Waals surface area contributed by atoms with Gasteiger partial charge in [-0.3, -0.25) is 9.59 Å². The zero-order valence-corrected chi connectivity index (χ0v) is 16.7. The average molecular weight is 363 g/mol. The Balaban J connectivity index is 1.78. The Labute approximate surface area is 156 Å². The molecule has 4 atom stereocenters. The number of amides is 1. The number of rotatable bonds is 0. The van der Waals surface area contributed by atoms with Gasteiger partial charge in [0, 0.05) is 37.3 Å². The Morgan fingerprint density at radius 2 is 1.85 bits per heavy atom. The predicted molar refractivity (Wildman–Crippen MR) is 98.7 cm³/mol. The lowest BCUT2D eigenvalue weighted by Gasteiger charge is -2.43. The molecule has 0 aromatic rings. The van der Waals surface area contributed by atoms with E-state index in [0.29, 0.717) is 37.6 Å². The van der Waals surface area contributed by atoms with E-state index >= 15 is 0 Å². The normalized spacial score (nSPS) is 35.8. The molecule has 2 aliphatic carbocycles. The summed E-state index contributed by atoms with van der Waals surface area (Å²) in [5.74, 6) is 1.05. The van der Waals surface area contributed by atoms with Gasteiger partial charge < -0.3 is 9.64 Å². The molecule has 0 radical (unpaired) electrons. The van der Waals surface area contributed by atoms with Gasteiger partial charge in [-0.15, -0.1) is 0 Å². The van der Waals surface area contributed by atoms with Crippen LogP contribution in [0.15, 0.2) is 0 Å². The molecule has 1 spiro atoms. The molecule has 0 unspecified atom stereocenters. The van der Waals surface area contributed by atoms with Crippen molar-refractivity contribution in [3.8, 4) is 0 Å². The minimum atomic E-state index is -0.513. The van der Waals surface area contributed by atoms with E-state index in [0.717, 1.165) is 32.1 Å². The van der Waals surface area contributed by atoms with Crippen molar-refractivity contribution in [3.63, 3.8) is 0 Å². The smallest absolute Gasteiger partial charge is 0.410 e. The summed E-state index contributed by atoms with van der Waals surface area (Å²) in [6.45, 7) is 8.94. The Kier molecular flexibility index (Phi) is 5.19. The molecule has 0 aromatic heterocycles. The van der Waals surface area contributed by atoms with E-state index in [2.05, 4.69) is 6.92 Å². The number of ketones is 2. The van der Waals surface area contributed by atoms with Gasteiger partial charge >= 0.3 is 6.09 Å². The van der Waals surface area contributed by atoms with Crippen molar-refractivity contribution in [1.82, 2.24) is 4.90 Å². The van der Waals surface area contributed by atoms with Crippen LogP contribution in [-0.2, 0) is 14.3 Å². The van der Waals surface area contributed by atoms with Crippen LogP contribution in [0.1, 0.15) is 72.6 Å². The van der Waals surface area contributed by atoms with Gasteiger partial charge in [-0.2, -0.15) is 0 Å². The molecule has 0 N–H and O–H groups in total. The molecular weight excluding hydrogens is 330 g/mol. The number of nitrogens with zero attached hydrogens (tertiary/aromatic N) is 1. The topological polar surface area (TPSA) is 63.7 Å². The second-order valence-electron chi connectivity index (χ2n) is 9.64. The highest BCUT2D eigenvalue weighted by Crippen LogP contribution is 2.57. The summed E-state index contributed by atoms with van der Waals surface area (Å²) < 4.78 is 5.52. The molecule has 5 nitrogen and oxygen atoms in total. The van der Waals surface area contributed by atoms with E-state index in [9.17, 15) is 14.4 Å². The molecule has 146 valence electrons. The summed E-state index contributed by atoms with van der Waals surface area (Å²) in [7, 11) is 0. The summed E-state index contributed by atoms with van der Waals surface area (Å²) in [6, 6.07) is 0. The monoisotopic (exact) mass is 363 g/mol. The fourth-order valence-corrected chi connectivity index (χ4v) is 5.54. The molecule has 3 fully saturated rings. The fourth-order valence-electron chi connectivity index (χ4n) is 5.54. The lowest BCUT2D eigenvalue weighted by molar-refractivity contribution is -0.142. The summed E-state index contributed by atoms with van der Waals surface area (Å²) >= 11 is 0. The van der Waals surface area contributed by atoms with Crippen LogP contribution in [0, 0.1) is 23.2 Å². The van der Waals surface area contributed by atoms with Crippen molar-refractivity contribution >= 4 is 17.7 Å². The van der Waals surface area contributed by atoms with Crippen molar-refractivity contribution < 1.29 is 19.1 Å². The van der Waals surface area contributed by atoms with Crippen molar-refractivity contribution in [2.45, 2.75) is 78.2 Å². The number of ether oxygens (including phenoxy) is 1. The van der Waals surface area contributed by atoms with E-state index in [1.54, 1.807) is 4.90 Å². The largest absolute Gasteiger partial charge is 0.444 e. The maximum atomic E-state index is 13.1. The first-order chi connectivity index (χ1) is 12.1. The molecule has 2 saturated carbocycles. The van der Waals surface area contributed by atoms with Crippen LogP contribution in [0.4, 0.5) is 4.79 Å². The number of Topliss-reactive ketones (excluding diaryl/α,β-unsaturated/α-hetero) is 2. The van der Waals surface area contributed by atoms with Crippen molar-refractivity contribution in [1.29, 1.82) is 0 Å². The average Bonchev–Trinajstić information content (AvgIpc) is 2.81. The predicted octanol–water partition coefficient (Wildman–Crippen LogP) is 3.99. The first-order valence-electron chi connectivity index (χ1n) is 10.2. The van der Waals surface area contributed by atoms with Gasteiger partial charge in [-0.25, -0.2) is 4.79 Å². The zero-order valence-electron chi connectivity index (χ0n) is 16.7. The summed E-state index contributed by atoms with van der Waals surface area (Å²) in [5.41, 5.74) is -0.964. The lowest BCUT2D eigenvalue weighted by atomic mass is 9.58. The maximum absolute atomic E-state index is 13.1. The minimum Gasteiger partial charge on any atom is -0.444 e. The van der Waals surface area contributed by atoms with Crippen LogP contribution in [0.2, 0.25) is 0 Å². The van der Waals surface area contributed by atoms with Gasteiger partial charge in [0.15, 0.2) is 0 Å². The molecule has 1 saturated heterocycles. The van der Waals surface area contributed by atoms with Gasteiger partial charge in [0.05, 0.1) is 0 Å². The number of carbonyl (C=O) groups excluding carboxylic acids is 3. The molecule has 3 aliphatic rings. The maximum Gasteiger partial charge on any atom is 0.410 e. The highest BCUT2D eigenvalue weighted by Gasteiger charge is 2.60. The highest BCUT2D eigenvalue weighted by molar-refractivity contribution is 5.97. The van der Waals surface area contributed by atoms with Gasteiger partial charge in [0.1, 0.15) is 17.2 Å². The highest BCUT2D eigenvalue weighted by atomic mass is 16.6. The van der Waals surface area contributed by atoms with Gasteiger partial charge in [-0.1, -0.05) is 6.92 Å². The van der Waals surface area contributed by atoms with E-state index in [1.165, 1.54) is 0 Å². The Bertz CT molecular complexity index is 593. The third-order valence-electron chi connectivity index (χ3n) is 6.52. The summed E-state index contributed by atoms with van der Waals surface area (Å²) in [5, 5.41) is 0. The first-order valence-corrected chi connectivity index (χ1v) is 10.2. The second-order valence-corrected chi connectivity index (χ2v) is 9.64. The van der Waals surface area contributed by atoms with Gasteiger partial charge in [-0.05, 0) is 64.7 Å². The molecule has 1 amide bonds. The van der Waals surface area contributed by atoms with Crippen LogP contribution >= 0.6 is 0 Å². The van der Waals surface area contributed by atoms with Crippen LogP contribution in [0.25, 0.3) is 0 Å². The zero-order chi connectivity index (χ0) is 19.1. The van der Waals surface area contributed by atoms with Crippen LogP contribution in [0.3, 0.4) is 0 Å². The standard InChI is InChI=1S/C21H33NO4/c1-14-11-15-13-17(23)16-7-5-9-22(19(25)26-20(2,3)4)10-6-8-21(15,16)18(24)12-14/h14-16H,5-13H2,1-4H3/t14-,15+,16+,21+/m1/s1. The van der Waals surface area contributed by atoms with E-state index in [1.807, 2.05) is 20.8 Å². The van der Waals surface area contributed by atoms with Crippen molar-refractivity contribution in [3.05, 3.63) is 0 Å². The van der Waals surface area contributed by atoms with E-state index < -0.39 is 11.0 Å². The van der Waals surface area contributed by atoms with Gasteiger partial charge in [0.25, 0.3) is 0 Å². The fraction of sp³-hybridized carbons (Fsp3) is 0.857. The number of hydrogen-bond acceptors (Lipinski definition) is 4. The molecule has 26 heavy (non-hydrogen) atoms. The van der Waals surface area contributed by atoms with Crippen LogP contribution in [-0.4, -0.2) is 41.3 Å². The second kappa shape index (κ2) is 6.97. The van der Waals surface area contributed by atoms with Gasteiger partial charge in [0.2, 0.25) is 0 Å². The molecule has 1 aliphatic heterocycles. The Hall–Kier alpha value is -1.39. The molecule has 0 aromatic carbocycles. The van der Waals surface area contributed by atoms with Crippen molar-refractivity contribution in [2.24, 2.45) is 23.2 Å². The third kappa shape index (κ3) is 3.54. The summed E-state index contributed by atoms with van der Waals surface area (Å²) in [6.07, 6.45) is 4.87. The summed E-state index contributed by atoms with van der Waals surface area (Å²) in [4.78, 5) is 40.1. The lowest BCUT2D eigenvalue weighted by Crippen LogP contribution is -2.46. The Morgan fingerprint density at radius 1 is 1.15 bits per heavy atom.